The molecule has 0 saturated carbocycles. The minimum atomic E-state index is 0.468. The molecule has 2 heterocycles. The Bertz CT molecular complexity index is 253. The number of rotatable bonds is 4. The van der Waals surface area contributed by atoms with Gasteiger partial charge in [0.15, 0.2) is 0 Å². The number of hydrogen-bond donors (Lipinski definition) is 1. The first-order chi connectivity index (χ1) is 8.65. The Labute approximate surface area is 112 Å². The number of hydrogen-bond acceptors (Lipinski definition) is 3. The van der Waals surface area contributed by atoms with Crippen molar-refractivity contribution in [3.8, 4) is 0 Å². The summed E-state index contributed by atoms with van der Waals surface area (Å²) in [5.41, 5.74) is 0. The molecule has 0 amide bonds. The maximum absolute atomic E-state index is 5.87. The molecule has 0 aromatic rings. The molecule has 2 aliphatic heterocycles. The summed E-state index contributed by atoms with van der Waals surface area (Å²) in [5.74, 6) is 0.725. The van der Waals surface area contributed by atoms with E-state index in [-0.39, 0.29) is 0 Å². The van der Waals surface area contributed by atoms with Crippen LogP contribution in [0.3, 0.4) is 0 Å². The highest BCUT2D eigenvalue weighted by Gasteiger charge is 2.37. The van der Waals surface area contributed by atoms with Gasteiger partial charge in [-0.3, -0.25) is 4.90 Å². The van der Waals surface area contributed by atoms with Crippen molar-refractivity contribution in [2.24, 2.45) is 5.92 Å². The van der Waals surface area contributed by atoms with Crippen molar-refractivity contribution < 1.29 is 4.74 Å². The van der Waals surface area contributed by atoms with Crippen LogP contribution in [0.1, 0.15) is 47.0 Å². The fourth-order valence-corrected chi connectivity index (χ4v) is 3.71. The molecule has 2 fully saturated rings. The molecule has 18 heavy (non-hydrogen) atoms. The minimum absolute atomic E-state index is 0.468. The maximum atomic E-state index is 5.87. The van der Waals surface area contributed by atoms with E-state index in [2.05, 4.69) is 37.9 Å². The molecule has 2 saturated heterocycles. The summed E-state index contributed by atoms with van der Waals surface area (Å²) >= 11 is 0. The van der Waals surface area contributed by atoms with Gasteiger partial charge in [-0.1, -0.05) is 13.8 Å². The Balaban J connectivity index is 1.94. The van der Waals surface area contributed by atoms with Gasteiger partial charge in [-0.15, -0.1) is 0 Å². The van der Waals surface area contributed by atoms with Gasteiger partial charge in [-0.25, -0.2) is 0 Å². The van der Waals surface area contributed by atoms with Crippen LogP contribution in [0.5, 0.6) is 0 Å². The third-order valence-corrected chi connectivity index (χ3v) is 5.11. The first-order valence-electron chi connectivity index (χ1n) is 7.75. The highest BCUT2D eigenvalue weighted by atomic mass is 16.5. The molecule has 1 N–H and O–H groups in total. The zero-order valence-electron chi connectivity index (χ0n) is 12.5. The molecular weight excluding hydrogens is 224 g/mol. The van der Waals surface area contributed by atoms with Crippen LogP contribution in [-0.4, -0.2) is 48.8 Å². The van der Waals surface area contributed by atoms with Crippen molar-refractivity contribution in [2.75, 3.05) is 19.7 Å². The van der Waals surface area contributed by atoms with E-state index >= 15 is 0 Å². The molecule has 0 aromatic carbocycles. The fraction of sp³-hybridized carbons (Fsp3) is 1.00. The van der Waals surface area contributed by atoms with Crippen LogP contribution < -0.4 is 5.32 Å². The number of piperidine rings is 1. The summed E-state index contributed by atoms with van der Waals surface area (Å²) in [6, 6.07) is 1.92. The van der Waals surface area contributed by atoms with Crippen molar-refractivity contribution in [3.05, 3.63) is 0 Å². The van der Waals surface area contributed by atoms with Gasteiger partial charge < -0.3 is 10.1 Å². The Morgan fingerprint density at radius 3 is 2.72 bits per heavy atom. The zero-order valence-corrected chi connectivity index (χ0v) is 12.5. The Hall–Kier alpha value is -0.120. The van der Waals surface area contributed by atoms with Gasteiger partial charge in [0.2, 0.25) is 0 Å². The second-order valence-corrected chi connectivity index (χ2v) is 6.08. The van der Waals surface area contributed by atoms with Crippen LogP contribution in [0.25, 0.3) is 0 Å². The molecule has 0 bridgehead atoms. The second-order valence-electron chi connectivity index (χ2n) is 6.08. The molecule has 5 unspecified atom stereocenters. The molecule has 0 radical (unpaired) electrons. The number of ether oxygens (including phenoxy) is 1. The largest absolute Gasteiger partial charge is 0.377 e. The van der Waals surface area contributed by atoms with Gasteiger partial charge in [-0.2, -0.15) is 0 Å². The molecule has 0 spiro atoms. The maximum Gasteiger partial charge on any atom is 0.0728 e. The molecular formula is C15H30N2O. The predicted octanol–water partition coefficient (Wildman–Crippen LogP) is 2.26. The van der Waals surface area contributed by atoms with Crippen molar-refractivity contribution in [1.29, 1.82) is 0 Å². The van der Waals surface area contributed by atoms with Crippen molar-refractivity contribution in [3.63, 3.8) is 0 Å². The lowest BCUT2D eigenvalue weighted by Crippen LogP contribution is -2.57. The molecule has 0 aromatic heterocycles. The number of likely N-dealkylation sites (tertiary alicyclic amines) is 1. The molecule has 2 rings (SSSR count). The van der Waals surface area contributed by atoms with Crippen LogP contribution in [0, 0.1) is 5.92 Å². The fourth-order valence-electron chi connectivity index (χ4n) is 3.71. The van der Waals surface area contributed by atoms with Crippen LogP contribution >= 0.6 is 0 Å². The van der Waals surface area contributed by atoms with Crippen LogP contribution in [-0.2, 0) is 4.74 Å². The average Bonchev–Trinajstić information content (AvgIpc) is 2.88. The minimum Gasteiger partial charge on any atom is -0.377 e. The van der Waals surface area contributed by atoms with Gasteiger partial charge in [-0.05, 0) is 45.6 Å². The van der Waals surface area contributed by atoms with Crippen LogP contribution in [0.4, 0.5) is 0 Å². The Kier molecular flexibility index (Phi) is 5.05. The predicted molar refractivity (Wildman–Crippen MR) is 75.8 cm³/mol. The smallest absolute Gasteiger partial charge is 0.0728 e. The summed E-state index contributed by atoms with van der Waals surface area (Å²) < 4.78 is 5.87. The molecule has 2 aliphatic rings. The summed E-state index contributed by atoms with van der Waals surface area (Å²) in [4.78, 5) is 2.68. The summed E-state index contributed by atoms with van der Waals surface area (Å²) in [6.45, 7) is 12.6. The lowest BCUT2D eigenvalue weighted by Gasteiger charge is -2.47. The average molecular weight is 254 g/mol. The molecule has 3 heteroatoms. The van der Waals surface area contributed by atoms with Crippen molar-refractivity contribution >= 4 is 0 Å². The lowest BCUT2D eigenvalue weighted by molar-refractivity contribution is -0.0179. The van der Waals surface area contributed by atoms with E-state index in [1.54, 1.807) is 0 Å². The Morgan fingerprint density at radius 1 is 1.33 bits per heavy atom. The van der Waals surface area contributed by atoms with Gasteiger partial charge in [0.25, 0.3) is 0 Å². The van der Waals surface area contributed by atoms with Gasteiger partial charge in [0.05, 0.1) is 6.10 Å². The second kappa shape index (κ2) is 6.36. The van der Waals surface area contributed by atoms with E-state index in [0.29, 0.717) is 24.2 Å². The highest BCUT2D eigenvalue weighted by Crippen LogP contribution is 2.29. The number of nitrogens with one attached hydrogen (secondary N) is 1. The molecule has 5 atom stereocenters. The van der Waals surface area contributed by atoms with E-state index in [0.717, 1.165) is 19.1 Å². The van der Waals surface area contributed by atoms with Gasteiger partial charge in [0, 0.05) is 31.3 Å². The molecule has 0 aliphatic carbocycles. The SMILES string of the molecule is CCNC1CCN(C(C)C2CCCO2)C(C)C1C. The Morgan fingerprint density at radius 2 is 2.11 bits per heavy atom. The van der Waals surface area contributed by atoms with E-state index in [4.69, 9.17) is 4.74 Å². The van der Waals surface area contributed by atoms with Crippen molar-refractivity contribution in [1.82, 2.24) is 10.2 Å². The van der Waals surface area contributed by atoms with Gasteiger partial charge >= 0.3 is 0 Å². The summed E-state index contributed by atoms with van der Waals surface area (Å²) in [5, 5.41) is 3.64. The van der Waals surface area contributed by atoms with E-state index < -0.39 is 0 Å². The molecule has 106 valence electrons. The van der Waals surface area contributed by atoms with E-state index in [1.165, 1.54) is 25.8 Å². The number of nitrogens with zero attached hydrogens (tertiary/aromatic N) is 1. The first-order valence-corrected chi connectivity index (χ1v) is 7.75. The highest BCUT2D eigenvalue weighted by molar-refractivity contribution is 4.92. The third-order valence-electron chi connectivity index (χ3n) is 5.11. The zero-order chi connectivity index (χ0) is 13.1. The summed E-state index contributed by atoms with van der Waals surface area (Å²) in [7, 11) is 0. The van der Waals surface area contributed by atoms with Crippen LogP contribution in [0.15, 0.2) is 0 Å². The summed E-state index contributed by atoms with van der Waals surface area (Å²) in [6.07, 6.45) is 4.23. The van der Waals surface area contributed by atoms with E-state index in [9.17, 15) is 0 Å². The standard InChI is InChI=1S/C15H30N2O/c1-5-16-14-8-9-17(12(3)11(14)2)13(4)15-7-6-10-18-15/h11-16H,5-10H2,1-4H3. The quantitative estimate of drug-likeness (QED) is 0.833. The molecule has 3 nitrogen and oxygen atoms in total. The topological polar surface area (TPSA) is 24.5 Å². The normalized spacial score (nSPS) is 40.0. The first kappa shape index (κ1) is 14.3. The monoisotopic (exact) mass is 254 g/mol. The van der Waals surface area contributed by atoms with Gasteiger partial charge in [0.1, 0.15) is 0 Å². The van der Waals surface area contributed by atoms with E-state index in [1.807, 2.05) is 0 Å². The van der Waals surface area contributed by atoms with Crippen LogP contribution in [0.2, 0.25) is 0 Å². The van der Waals surface area contributed by atoms with Crippen molar-refractivity contribution in [2.45, 2.75) is 71.2 Å². The lowest BCUT2D eigenvalue weighted by atomic mass is 9.85. The third kappa shape index (κ3) is 2.89.